The molecule has 0 heterocycles. The van der Waals surface area contributed by atoms with Gasteiger partial charge in [0.15, 0.2) is 0 Å². The van der Waals surface area contributed by atoms with Crippen LogP contribution in [0.2, 0.25) is 0 Å². The molecule has 92 valence electrons. The number of thiol groups is 1. The van der Waals surface area contributed by atoms with E-state index in [4.69, 9.17) is 17.3 Å². The Morgan fingerprint density at radius 2 is 2.06 bits per heavy atom. The molecule has 1 unspecified atom stereocenters. The van der Waals surface area contributed by atoms with Gasteiger partial charge >= 0.3 is 5.97 Å². The highest BCUT2D eigenvalue weighted by atomic mass is 32.1. The van der Waals surface area contributed by atoms with Crippen molar-refractivity contribution in [3.8, 4) is 0 Å². The fourth-order valence-corrected chi connectivity index (χ4v) is 1.39. The zero-order chi connectivity index (χ0) is 12.6. The molecule has 3 N–H and O–H groups in total. The van der Waals surface area contributed by atoms with Crippen LogP contribution in [-0.2, 0) is 9.59 Å². The smallest absolute Gasteiger partial charge is 0.326 e. The molecule has 16 heavy (non-hydrogen) atoms. The van der Waals surface area contributed by atoms with Crippen molar-refractivity contribution in [3.63, 3.8) is 0 Å². The SMILES string of the molecule is CC(=O)NC(CCCCNC(=S)S)C(=O)O. The lowest BCUT2D eigenvalue weighted by Gasteiger charge is -2.12. The molecule has 5 nitrogen and oxygen atoms in total. The zero-order valence-electron chi connectivity index (χ0n) is 9.02. The molecule has 1 amide bonds. The highest BCUT2D eigenvalue weighted by molar-refractivity contribution is 8.11. The summed E-state index contributed by atoms with van der Waals surface area (Å²) in [6.45, 7) is 1.96. The summed E-state index contributed by atoms with van der Waals surface area (Å²) in [7, 11) is 0. The van der Waals surface area contributed by atoms with E-state index in [1.54, 1.807) is 0 Å². The number of carboxylic acid groups (broad SMARTS) is 1. The van der Waals surface area contributed by atoms with Crippen molar-refractivity contribution in [3.05, 3.63) is 0 Å². The van der Waals surface area contributed by atoms with Crippen molar-refractivity contribution in [1.29, 1.82) is 0 Å². The van der Waals surface area contributed by atoms with Crippen LogP contribution in [0, 0.1) is 0 Å². The Kier molecular flexibility index (Phi) is 7.92. The number of hydrogen-bond donors (Lipinski definition) is 4. The van der Waals surface area contributed by atoms with Crippen molar-refractivity contribution in [1.82, 2.24) is 10.6 Å². The minimum Gasteiger partial charge on any atom is -0.480 e. The molecule has 0 saturated heterocycles. The molecule has 0 aromatic heterocycles. The number of carbonyl (C=O) groups is 2. The van der Waals surface area contributed by atoms with Gasteiger partial charge in [0.1, 0.15) is 10.4 Å². The summed E-state index contributed by atoms with van der Waals surface area (Å²) in [6.07, 6.45) is 1.89. The van der Waals surface area contributed by atoms with E-state index < -0.39 is 12.0 Å². The topological polar surface area (TPSA) is 78.4 Å². The van der Waals surface area contributed by atoms with Crippen LogP contribution < -0.4 is 10.6 Å². The van der Waals surface area contributed by atoms with E-state index in [0.29, 0.717) is 23.7 Å². The van der Waals surface area contributed by atoms with Crippen LogP contribution in [0.25, 0.3) is 0 Å². The number of rotatable bonds is 7. The van der Waals surface area contributed by atoms with Crippen LogP contribution in [0.1, 0.15) is 26.2 Å². The van der Waals surface area contributed by atoms with E-state index in [2.05, 4.69) is 23.3 Å². The zero-order valence-corrected chi connectivity index (χ0v) is 10.7. The van der Waals surface area contributed by atoms with Crippen molar-refractivity contribution < 1.29 is 14.7 Å². The standard InChI is InChI=1S/C9H16N2O3S2/c1-6(12)11-7(8(13)14)4-2-3-5-10-9(15)16/h7H,2-5H2,1H3,(H,11,12)(H,13,14)(H2,10,15,16). The first kappa shape index (κ1) is 15.2. The highest BCUT2D eigenvalue weighted by Crippen LogP contribution is 2.01. The van der Waals surface area contributed by atoms with Crippen molar-refractivity contribution in [2.45, 2.75) is 32.2 Å². The third-order valence-corrected chi connectivity index (χ3v) is 2.17. The van der Waals surface area contributed by atoms with Gasteiger partial charge in [-0.1, -0.05) is 12.2 Å². The number of hydrogen-bond acceptors (Lipinski definition) is 3. The Balaban J connectivity index is 3.72. The van der Waals surface area contributed by atoms with Gasteiger partial charge in [-0.2, -0.15) is 0 Å². The Morgan fingerprint density at radius 1 is 1.44 bits per heavy atom. The first-order chi connectivity index (χ1) is 7.43. The molecule has 0 spiro atoms. The average Bonchev–Trinajstić information content (AvgIpc) is 2.14. The maximum atomic E-state index is 10.7. The summed E-state index contributed by atoms with van der Waals surface area (Å²) >= 11 is 8.59. The maximum absolute atomic E-state index is 10.7. The molecular weight excluding hydrogens is 248 g/mol. The molecule has 0 aromatic rings. The molecule has 7 heteroatoms. The normalized spacial score (nSPS) is 11.6. The average molecular weight is 264 g/mol. The quantitative estimate of drug-likeness (QED) is 0.307. The summed E-state index contributed by atoms with van der Waals surface area (Å²) in [6, 6.07) is -0.805. The predicted molar refractivity (Wildman–Crippen MR) is 68.7 cm³/mol. The molecule has 1 atom stereocenters. The second kappa shape index (κ2) is 8.35. The van der Waals surface area contributed by atoms with Crippen molar-refractivity contribution in [2.75, 3.05) is 6.54 Å². The monoisotopic (exact) mass is 264 g/mol. The molecule has 0 rings (SSSR count). The number of carboxylic acids is 1. The summed E-state index contributed by atoms with van der Waals surface area (Å²) < 4.78 is 0.427. The van der Waals surface area contributed by atoms with Gasteiger partial charge in [-0.3, -0.25) is 4.79 Å². The second-order valence-electron chi connectivity index (χ2n) is 3.32. The number of unbranched alkanes of at least 4 members (excludes halogenated alkanes) is 1. The lowest BCUT2D eigenvalue weighted by molar-refractivity contribution is -0.141. The molecule has 0 radical (unpaired) electrons. The Hall–Kier alpha value is -0.820. The largest absolute Gasteiger partial charge is 0.480 e. The Bertz CT molecular complexity index is 271. The molecule has 0 aliphatic carbocycles. The Morgan fingerprint density at radius 3 is 2.50 bits per heavy atom. The van der Waals surface area contributed by atoms with E-state index in [1.165, 1.54) is 6.92 Å². The second-order valence-corrected chi connectivity index (χ2v) is 4.48. The summed E-state index contributed by atoms with van der Waals surface area (Å²) in [5.74, 6) is -1.34. The molecule has 0 bridgehead atoms. The minimum atomic E-state index is -1.01. The number of aliphatic carboxylic acids is 1. The Labute approximate surface area is 105 Å². The molecule has 0 aliphatic rings. The first-order valence-corrected chi connectivity index (χ1v) is 5.75. The van der Waals surface area contributed by atoms with Gasteiger partial charge in [0, 0.05) is 13.5 Å². The van der Waals surface area contributed by atoms with Gasteiger partial charge in [-0.05, 0) is 19.3 Å². The van der Waals surface area contributed by atoms with Crippen LogP contribution in [0.3, 0.4) is 0 Å². The fraction of sp³-hybridized carbons (Fsp3) is 0.667. The number of nitrogens with one attached hydrogen (secondary N) is 2. The van der Waals surface area contributed by atoms with Crippen LogP contribution in [0.15, 0.2) is 0 Å². The van der Waals surface area contributed by atoms with Gasteiger partial charge < -0.3 is 15.7 Å². The number of thiocarbonyl (C=S) groups is 1. The van der Waals surface area contributed by atoms with E-state index in [-0.39, 0.29) is 5.91 Å². The third kappa shape index (κ3) is 8.49. The predicted octanol–water partition coefficient (Wildman–Crippen LogP) is 0.550. The van der Waals surface area contributed by atoms with Gasteiger partial charge in [0.2, 0.25) is 5.91 Å². The van der Waals surface area contributed by atoms with Crippen LogP contribution in [0.5, 0.6) is 0 Å². The number of amides is 1. The van der Waals surface area contributed by atoms with E-state index in [1.807, 2.05) is 0 Å². The summed E-state index contributed by atoms with van der Waals surface area (Å²) in [5, 5.41) is 14.0. The van der Waals surface area contributed by atoms with Gasteiger partial charge in [-0.25, -0.2) is 4.79 Å². The molecule has 0 fully saturated rings. The van der Waals surface area contributed by atoms with E-state index in [0.717, 1.165) is 6.42 Å². The number of carbonyl (C=O) groups excluding carboxylic acids is 1. The van der Waals surface area contributed by atoms with E-state index in [9.17, 15) is 9.59 Å². The van der Waals surface area contributed by atoms with Crippen LogP contribution >= 0.6 is 24.8 Å². The van der Waals surface area contributed by atoms with Crippen LogP contribution in [0.4, 0.5) is 0 Å². The summed E-state index contributed by atoms with van der Waals surface area (Å²) in [5.41, 5.74) is 0. The maximum Gasteiger partial charge on any atom is 0.326 e. The lowest BCUT2D eigenvalue weighted by atomic mass is 10.1. The van der Waals surface area contributed by atoms with Gasteiger partial charge in [-0.15, -0.1) is 12.6 Å². The highest BCUT2D eigenvalue weighted by Gasteiger charge is 2.17. The first-order valence-electron chi connectivity index (χ1n) is 4.90. The van der Waals surface area contributed by atoms with Crippen molar-refractivity contribution >= 4 is 41.0 Å². The van der Waals surface area contributed by atoms with E-state index >= 15 is 0 Å². The van der Waals surface area contributed by atoms with Crippen molar-refractivity contribution in [2.24, 2.45) is 0 Å². The molecule has 0 saturated carbocycles. The molecule has 0 aliphatic heterocycles. The van der Waals surface area contributed by atoms with Crippen LogP contribution in [-0.4, -0.2) is 33.9 Å². The fourth-order valence-electron chi connectivity index (χ4n) is 1.17. The molecular formula is C9H16N2O3S2. The summed E-state index contributed by atoms with van der Waals surface area (Å²) in [4.78, 5) is 21.5. The third-order valence-electron chi connectivity index (χ3n) is 1.87. The lowest BCUT2D eigenvalue weighted by Crippen LogP contribution is -2.39. The molecule has 0 aromatic carbocycles. The van der Waals surface area contributed by atoms with Gasteiger partial charge in [0.05, 0.1) is 0 Å². The minimum absolute atomic E-state index is 0.331. The van der Waals surface area contributed by atoms with Gasteiger partial charge in [0.25, 0.3) is 0 Å².